The molecular weight excluding hydrogens is 582 g/mol. The molecule has 11 atom stereocenters. The summed E-state index contributed by atoms with van der Waals surface area (Å²) >= 11 is 0. The molecule has 266 valence electrons. The van der Waals surface area contributed by atoms with E-state index in [2.05, 4.69) is 39.9 Å². The van der Waals surface area contributed by atoms with Crippen molar-refractivity contribution in [3.8, 4) is 0 Å². The summed E-state index contributed by atoms with van der Waals surface area (Å²) in [5.41, 5.74) is -2.67. The molecule has 8 heteroatoms. The van der Waals surface area contributed by atoms with Crippen LogP contribution in [0.25, 0.3) is 0 Å². The van der Waals surface area contributed by atoms with E-state index in [-0.39, 0.29) is 39.6 Å². The highest BCUT2D eigenvalue weighted by molar-refractivity contribution is 5.81. The van der Waals surface area contributed by atoms with Gasteiger partial charge in [-0.1, -0.05) is 34.6 Å². The minimum Gasteiger partial charge on any atom is -0.460 e. The van der Waals surface area contributed by atoms with Gasteiger partial charge in [0, 0.05) is 5.41 Å². The number of carbonyl (C=O) groups is 2. The smallest absolute Gasteiger partial charge is 0.408 e. The Bertz CT molecular complexity index is 1140. The number of amides is 1. The normalized spacial score (nSPS) is 40.8. The maximum atomic E-state index is 13.2. The molecule has 4 fully saturated rings. The number of carbonyl (C=O) groups excluding carboxylic acids is 2. The van der Waals surface area contributed by atoms with Crippen LogP contribution in [0.15, 0.2) is 0 Å². The summed E-state index contributed by atoms with van der Waals surface area (Å²) in [7, 11) is 0. The first-order valence-electron chi connectivity index (χ1n) is 18.1. The Morgan fingerprint density at radius 2 is 1.48 bits per heavy atom. The van der Waals surface area contributed by atoms with E-state index in [0.29, 0.717) is 24.7 Å². The highest BCUT2D eigenvalue weighted by atomic mass is 16.6. The van der Waals surface area contributed by atoms with E-state index in [4.69, 9.17) is 9.47 Å². The average Bonchev–Trinajstić information content (AvgIpc) is 3.26. The molecule has 0 aromatic carbocycles. The van der Waals surface area contributed by atoms with Crippen molar-refractivity contribution in [1.82, 2.24) is 5.32 Å². The molecule has 4 N–H and O–H groups in total. The van der Waals surface area contributed by atoms with Crippen molar-refractivity contribution in [2.45, 2.75) is 182 Å². The lowest BCUT2D eigenvalue weighted by atomic mass is 9.35. The van der Waals surface area contributed by atoms with Gasteiger partial charge < -0.3 is 30.1 Å². The monoisotopic (exact) mass is 649 g/mol. The van der Waals surface area contributed by atoms with Crippen molar-refractivity contribution in [1.29, 1.82) is 0 Å². The molecule has 0 saturated heterocycles. The van der Waals surface area contributed by atoms with Gasteiger partial charge in [0.2, 0.25) is 0 Å². The summed E-state index contributed by atoms with van der Waals surface area (Å²) in [6.07, 6.45) is 7.02. The van der Waals surface area contributed by atoms with Crippen molar-refractivity contribution in [3.05, 3.63) is 0 Å². The van der Waals surface area contributed by atoms with Gasteiger partial charge in [-0.25, -0.2) is 9.59 Å². The van der Waals surface area contributed by atoms with Crippen molar-refractivity contribution in [2.75, 3.05) is 0 Å². The van der Waals surface area contributed by atoms with Crippen LogP contribution < -0.4 is 5.32 Å². The Kier molecular flexibility index (Phi) is 9.92. The standard InChI is InChI=1S/C38H67NO7/c1-23(39-31(42)46-32(2,3)4)30(41)45-28-16-19-35(9)26(34(28,7)8)15-21-36(10)27(35)22-25(40)29-24(14-20-37(29,36)11)38(12,44)18-13-17-33(5,6)43/h23-29,40,43-44H,13-22H2,1-12H3,(H,39,42)/t23-,24-,25+,26-,27+,28-,29-,35-,36+,37+,38+/m0/s1. The second kappa shape index (κ2) is 12.2. The molecule has 0 aromatic rings. The first-order valence-corrected chi connectivity index (χ1v) is 18.1. The first-order chi connectivity index (χ1) is 20.8. The Hall–Kier alpha value is -1.38. The third-order valence-electron chi connectivity index (χ3n) is 13.9. The van der Waals surface area contributed by atoms with Gasteiger partial charge in [-0.15, -0.1) is 0 Å². The minimum absolute atomic E-state index is 0.0194. The van der Waals surface area contributed by atoms with Crippen LogP contribution >= 0.6 is 0 Å². The van der Waals surface area contributed by atoms with E-state index in [1.807, 2.05) is 20.8 Å². The van der Waals surface area contributed by atoms with Gasteiger partial charge in [-0.05, 0) is 153 Å². The molecule has 4 aliphatic rings. The lowest BCUT2D eigenvalue weighted by molar-refractivity contribution is -0.249. The average molecular weight is 650 g/mol. The molecule has 0 aromatic heterocycles. The fourth-order valence-corrected chi connectivity index (χ4v) is 11.5. The van der Waals surface area contributed by atoms with Crippen molar-refractivity contribution >= 4 is 12.1 Å². The predicted octanol–water partition coefficient (Wildman–Crippen LogP) is 7.16. The molecular formula is C38H67NO7. The number of esters is 1. The zero-order valence-corrected chi connectivity index (χ0v) is 31.1. The largest absolute Gasteiger partial charge is 0.460 e. The molecule has 46 heavy (non-hydrogen) atoms. The number of alkyl carbamates (subject to hydrolysis) is 1. The lowest BCUT2D eigenvalue weighted by Gasteiger charge is -2.70. The summed E-state index contributed by atoms with van der Waals surface area (Å²) in [6.45, 7) is 24.4. The Labute approximate surface area is 279 Å². The number of aliphatic hydroxyl groups excluding tert-OH is 1. The van der Waals surface area contributed by atoms with E-state index >= 15 is 0 Å². The molecule has 0 spiro atoms. The quantitative estimate of drug-likeness (QED) is 0.206. The summed E-state index contributed by atoms with van der Waals surface area (Å²) in [4.78, 5) is 25.5. The number of hydrogen-bond donors (Lipinski definition) is 4. The maximum Gasteiger partial charge on any atom is 0.408 e. The van der Waals surface area contributed by atoms with Crippen molar-refractivity contribution in [3.63, 3.8) is 0 Å². The van der Waals surface area contributed by atoms with Crippen LogP contribution in [0.5, 0.6) is 0 Å². The molecule has 1 amide bonds. The van der Waals surface area contributed by atoms with E-state index in [1.54, 1.807) is 27.7 Å². The molecule has 4 rings (SSSR count). The van der Waals surface area contributed by atoms with Crippen LogP contribution in [0.4, 0.5) is 4.79 Å². The fourth-order valence-electron chi connectivity index (χ4n) is 11.5. The topological polar surface area (TPSA) is 125 Å². The van der Waals surface area contributed by atoms with Gasteiger partial charge >= 0.3 is 12.1 Å². The predicted molar refractivity (Wildman–Crippen MR) is 180 cm³/mol. The Morgan fingerprint density at radius 3 is 2.07 bits per heavy atom. The van der Waals surface area contributed by atoms with Gasteiger partial charge in [-0.3, -0.25) is 0 Å². The SMILES string of the molecule is C[C@H](NC(=O)OC(C)(C)C)C(=O)O[C@H]1CC[C@]2(C)[C@H]3C[C@@H](O)[C@@H]4[C@@H]([C@](C)(O)CCCC(C)(C)O)CC[C@@]4(C)[C@]3(C)CC[C@H]2C1(C)C. The highest BCUT2D eigenvalue weighted by Crippen LogP contribution is 2.76. The number of hydrogen-bond acceptors (Lipinski definition) is 7. The highest BCUT2D eigenvalue weighted by Gasteiger charge is 2.71. The molecule has 4 saturated carbocycles. The van der Waals surface area contributed by atoms with Crippen LogP contribution in [0.3, 0.4) is 0 Å². The molecule has 8 nitrogen and oxygen atoms in total. The number of ether oxygens (including phenoxy) is 2. The molecule has 0 aliphatic heterocycles. The number of fused-ring (bicyclic) bond motifs is 5. The third-order valence-corrected chi connectivity index (χ3v) is 13.9. The van der Waals surface area contributed by atoms with Gasteiger partial charge in [-0.2, -0.15) is 0 Å². The van der Waals surface area contributed by atoms with Gasteiger partial charge in [0.1, 0.15) is 17.7 Å². The first kappa shape index (κ1) is 37.4. The zero-order chi connectivity index (χ0) is 34.9. The van der Waals surface area contributed by atoms with Crippen LogP contribution in [-0.4, -0.2) is 62.4 Å². The Morgan fingerprint density at radius 1 is 0.870 bits per heavy atom. The zero-order valence-electron chi connectivity index (χ0n) is 31.1. The Balaban J connectivity index is 1.51. The number of rotatable bonds is 8. The van der Waals surface area contributed by atoms with Gasteiger partial charge in [0.15, 0.2) is 0 Å². The molecule has 4 aliphatic carbocycles. The summed E-state index contributed by atoms with van der Waals surface area (Å²) in [5.74, 6) is 0.254. The summed E-state index contributed by atoms with van der Waals surface area (Å²) < 4.78 is 11.5. The lowest BCUT2D eigenvalue weighted by Crippen LogP contribution is -2.66. The summed E-state index contributed by atoms with van der Waals surface area (Å²) in [5, 5.41) is 36.8. The van der Waals surface area contributed by atoms with Crippen molar-refractivity contribution < 1.29 is 34.4 Å². The number of nitrogens with one attached hydrogen (secondary N) is 1. The maximum absolute atomic E-state index is 13.2. The van der Waals surface area contributed by atoms with E-state index in [1.165, 1.54) is 0 Å². The van der Waals surface area contributed by atoms with Gasteiger partial charge in [0.25, 0.3) is 0 Å². The fraction of sp³-hybridized carbons (Fsp3) is 0.947. The molecule has 0 bridgehead atoms. The molecule has 0 radical (unpaired) electrons. The van der Waals surface area contributed by atoms with Crippen LogP contribution in [0, 0.1) is 45.3 Å². The second-order valence-corrected chi connectivity index (χ2v) is 19.1. The van der Waals surface area contributed by atoms with Crippen LogP contribution in [0.1, 0.15) is 147 Å². The van der Waals surface area contributed by atoms with E-state index < -0.39 is 41.0 Å². The minimum atomic E-state index is -0.891. The van der Waals surface area contributed by atoms with Crippen molar-refractivity contribution in [2.24, 2.45) is 45.3 Å². The number of aliphatic hydroxyl groups is 3. The van der Waals surface area contributed by atoms with Crippen LogP contribution in [-0.2, 0) is 14.3 Å². The van der Waals surface area contributed by atoms with Gasteiger partial charge in [0.05, 0.1) is 17.3 Å². The third kappa shape index (κ3) is 6.75. The summed E-state index contributed by atoms with van der Waals surface area (Å²) in [6, 6.07) is -0.818. The van der Waals surface area contributed by atoms with Crippen LogP contribution in [0.2, 0.25) is 0 Å². The van der Waals surface area contributed by atoms with E-state index in [0.717, 1.165) is 51.4 Å². The second-order valence-electron chi connectivity index (χ2n) is 19.1. The van der Waals surface area contributed by atoms with E-state index in [9.17, 15) is 24.9 Å². The molecule has 0 unspecified atom stereocenters. The molecule has 0 heterocycles.